The zero-order valence-electron chi connectivity index (χ0n) is 34.4. The van der Waals surface area contributed by atoms with E-state index >= 15 is 0 Å². The minimum atomic E-state index is -0.451. The van der Waals surface area contributed by atoms with E-state index in [0.717, 1.165) is 49.4 Å². The molecule has 3 heteroatoms. The maximum atomic E-state index is 5.25. The van der Waals surface area contributed by atoms with Crippen molar-refractivity contribution in [3.63, 3.8) is 0 Å². The van der Waals surface area contributed by atoms with Crippen molar-refractivity contribution in [3.8, 4) is 67.5 Å². The number of hydrogen-bond donors (Lipinski definition) is 0. The van der Waals surface area contributed by atoms with Crippen LogP contribution < -0.4 is 0 Å². The summed E-state index contributed by atoms with van der Waals surface area (Å²) in [6.07, 6.45) is 0. The van der Waals surface area contributed by atoms with Crippen LogP contribution in [0.25, 0.3) is 89.1 Å². The largest absolute Gasteiger partial charge is 0.208 e. The van der Waals surface area contributed by atoms with Gasteiger partial charge in [0.15, 0.2) is 17.5 Å². The van der Waals surface area contributed by atoms with E-state index in [1.54, 1.807) is 0 Å². The van der Waals surface area contributed by atoms with E-state index in [4.69, 9.17) is 15.0 Å². The minimum absolute atomic E-state index is 0.451. The molecule has 11 aromatic rings. The molecule has 0 amide bonds. The summed E-state index contributed by atoms with van der Waals surface area (Å²) in [5, 5.41) is 4.50. The molecule has 0 saturated carbocycles. The zero-order valence-corrected chi connectivity index (χ0v) is 34.4. The van der Waals surface area contributed by atoms with Gasteiger partial charge in [-0.2, -0.15) is 0 Å². The molecule has 0 aliphatic heterocycles. The lowest BCUT2D eigenvalue weighted by Crippen LogP contribution is -2.28. The number of benzene rings is 10. The Morgan fingerprint density at radius 3 is 1.46 bits per heavy atom. The highest BCUT2D eigenvalue weighted by atomic mass is 15.0. The zero-order chi connectivity index (χ0) is 41.7. The summed E-state index contributed by atoms with van der Waals surface area (Å²) in [5.74, 6) is 1.92. The molecule has 10 aromatic carbocycles. The van der Waals surface area contributed by atoms with Gasteiger partial charge in [-0.1, -0.05) is 206 Å². The fraction of sp³-hybridized carbons (Fsp3) is 0.0167. The predicted octanol–water partition coefficient (Wildman–Crippen LogP) is 14.9. The van der Waals surface area contributed by atoms with Crippen molar-refractivity contribution in [2.75, 3.05) is 0 Å². The van der Waals surface area contributed by atoms with Gasteiger partial charge < -0.3 is 0 Å². The molecule has 3 nitrogen and oxygen atoms in total. The summed E-state index contributed by atoms with van der Waals surface area (Å²) < 4.78 is 0. The number of fused-ring (bicyclic) bond motifs is 5. The van der Waals surface area contributed by atoms with Gasteiger partial charge in [0.1, 0.15) is 0 Å². The Hall–Kier alpha value is -8.27. The third kappa shape index (κ3) is 6.16. The Bertz CT molecular complexity index is 3450. The maximum absolute atomic E-state index is 5.25. The molecule has 1 heterocycles. The highest BCUT2D eigenvalue weighted by molar-refractivity contribution is 5.99. The molecule has 0 radical (unpaired) electrons. The van der Waals surface area contributed by atoms with Crippen LogP contribution in [0.2, 0.25) is 0 Å². The van der Waals surface area contributed by atoms with Crippen molar-refractivity contribution in [1.82, 2.24) is 15.0 Å². The van der Waals surface area contributed by atoms with Gasteiger partial charge >= 0.3 is 0 Å². The molecule has 0 fully saturated rings. The van der Waals surface area contributed by atoms with E-state index in [-0.39, 0.29) is 0 Å². The van der Waals surface area contributed by atoms with Crippen LogP contribution in [0.4, 0.5) is 0 Å². The monoisotopic (exact) mass is 801 g/mol. The Morgan fingerprint density at radius 1 is 0.254 bits per heavy atom. The van der Waals surface area contributed by atoms with Crippen LogP contribution in [0.5, 0.6) is 0 Å². The first-order valence-electron chi connectivity index (χ1n) is 21.5. The third-order valence-electron chi connectivity index (χ3n) is 12.8. The average Bonchev–Trinajstić information content (AvgIpc) is 3.67. The topological polar surface area (TPSA) is 38.7 Å². The molecule has 1 aliphatic carbocycles. The molecular weight excluding hydrogens is 763 g/mol. The summed E-state index contributed by atoms with van der Waals surface area (Å²) in [6.45, 7) is 0. The highest BCUT2D eigenvalue weighted by Crippen LogP contribution is 2.56. The number of hydrogen-bond acceptors (Lipinski definition) is 3. The van der Waals surface area contributed by atoms with Crippen LogP contribution in [0.1, 0.15) is 22.3 Å². The lowest BCUT2D eigenvalue weighted by molar-refractivity contribution is 0.769. The number of nitrogens with zero attached hydrogens (tertiary/aromatic N) is 3. The third-order valence-corrected chi connectivity index (χ3v) is 12.8. The van der Waals surface area contributed by atoms with Crippen LogP contribution in [0.3, 0.4) is 0 Å². The minimum Gasteiger partial charge on any atom is -0.208 e. The van der Waals surface area contributed by atoms with Crippen molar-refractivity contribution in [1.29, 1.82) is 0 Å². The van der Waals surface area contributed by atoms with Gasteiger partial charge in [-0.25, -0.2) is 15.0 Å². The van der Waals surface area contributed by atoms with Gasteiger partial charge in [0.2, 0.25) is 0 Å². The van der Waals surface area contributed by atoms with Gasteiger partial charge in [0.05, 0.1) is 5.41 Å². The van der Waals surface area contributed by atoms with Crippen molar-refractivity contribution in [3.05, 3.63) is 259 Å². The Labute approximate surface area is 366 Å². The van der Waals surface area contributed by atoms with Gasteiger partial charge in [0, 0.05) is 16.7 Å². The van der Waals surface area contributed by atoms with Crippen molar-refractivity contribution in [2.24, 2.45) is 0 Å². The molecule has 1 aliphatic rings. The smallest absolute Gasteiger partial charge is 0.164 e. The lowest BCUT2D eigenvalue weighted by Gasteiger charge is -2.34. The van der Waals surface area contributed by atoms with Gasteiger partial charge in [-0.3, -0.25) is 0 Å². The molecule has 0 atom stereocenters. The number of rotatable bonds is 7. The first-order chi connectivity index (χ1) is 31.2. The lowest BCUT2D eigenvalue weighted by atomic mass is 9.67. The second-order valence-electron chi connectivity index (χ2n) is 16.3. The summed E-state index contributed by atoms with van der Waals surface area (Å²) in [6, 6.07) is 84.9. The molecule has 12 rings (SSSR count). The summed E-state index contributed by atoms with van der Waals surface area (Å²) in [5.41, 5.74) is 14.7. The average molecular weight is 802 g/mol. The van der Waals surface area contributed by atoms with Crippen molar-refractivity contribution in [2.45, 2.75) is 5.41 Å². The summed E-state index contributed by atoms with van der Waals surface area (Å²) in [7, 11) is 0. The molecule has 0 saturated heterocycles. The van der Waals surface area contributed by atoms with E-state index in [1.165, 1.54) is 44.5 Å². The second-order valence-corrected chi connectivity index (χ2v) is 16.3. The van der Waals surface area contributed by atoms with Crippen LogP contribution in [-0.2, 0) is 5.41 Å². The predicted molar refractivity (Wildman–Crippen MR) is 259 cm³/mol. The summed E-state index contributed by atoms with van der Waals surface area (Å²) >= 11 is 0. The molecular formula is C60H39N3. The summed E-state index contributed by atoms with van der Waals surface area (Å²) in [4.78, 5) is 15.5. The van der Waals surface area contributed by atoms with Crippen LogP contribution in [-0.4, -0.2) is 15.0 Å². The SMILES string of the molecule is c1ccc(-c2cc(-c3nc(-c4ccccc4)nc(-c4ccc5cc(-c6ccc7c(c6)C(c6ccccc6)(c6ccccc6)c6ccccc6-7)ccc5c4)n3)c3ccccc3c2)cc1. The van der Waals surface area contributed by atoms with Crippen molar-refractivity contribution >= 4 is 21.5 Å². The first-order valence-corrected chi connectivity index (χ1v) is 21.5. The second kappa shape index (κ2) is 15.0. The fourth-order valence-corrected chi connectivity index (χ4v) is 9.82. The molecule has 0 N–H and O–H groups in total. The number of aromatic nitrogens is 3. The standard InChI is InChI=1S/C60H39N3/c1-5-17-40(18-6-1)48-37-46-21-13-14-26-51(46)54(38-48)59-62-57(41-19-7-2-8-20-41)61-58(63-59)47-32-31-42-35-43(29-30-44(42)36-47)45-33-34-53-52-27-15-16-28-55(52)60(56(53)39-45,49-22-9-3-10-23-49)50-24-11-4-12-25-50/h1-39H. The molecule has 0 spiro atoms. The van der Waals surface area contributed by atoms with E-state index in [9.17, 15) is 0 Å². The Balaban J connectivity index is 0.978. The Kier molecular flexibility index (Phi) is 8.72. The van der Waals surface area contributed by atoms with Gasteiger partial charge in [0.25, 0.3) is 0 Å². The Morgan fingerprint density at radius 2 is 0.746 bits per heavy atom. The quantitative estimate of drug-likeness (QED) is 0.161. The molecule has 1 aromatic heterocycles. The normalized spacial score (nSPS) is 12.6. The van der Waals surface area contributed by atoms with Crippen LogP contribution in [0.15, 0.2) is 237 Å². The molecule has 0 unspecified atom stereocenters. The van der Waals surface area contributed by atoms with E-state index < -0.39 is 5.41 Å². The molecule has 0 bridgehead atoms. The van der Waals surface area contributed by atoms with Gasteiger partial charge in [-0.05, 0) is 108 Å². The van der Waals surface area contributed by atoms with Crippen LogP contribution >= 0.6 is 0 Å². The maximum Gasteiger partial charge on any atom is 0.164 e. The molecule has 294 valence electrons. The molecule has 63 heavy (non-hydrogen) atoms. The van der Waals surface area contributed by atoms with E-state index in [2.05, 4.69) is 218 Å². The first kappa shape index (κ1) is 36.6. The van der Waals surface area contributed by atoms with E-state index in [1.807, 2.05) is 18.2 Å². The van der Waals surface area contributed by atoms with Crippen molar-refractivity contribution < 1.29 is 0 Å². The van der Waals surface area contributed by atoms with E-state index in [0.29, 0.717) is 17.5 Å². The van der Waals surface area contributed by atoms with Crippen LogP contribution in [0, 0.1) is 0 Å². The fourth-order valence-electron chi connectivity index (χ4n) is 9.82. The van der Waals surface area contributed by atoms with Gasteiger partial charge in [-0.15, -0.1) is 0 Å². The highest BCUT2D eigenvalue weighted by Gasteiger charge is 2.46.